The van der Waals surface area contributed by atoms with Crippen LogP contribution in [-0.2, 0) is 0 Å². The summed E-state index contributed by atoms with van der Waals surface area (Å²) < 4.78 is 0. The molecule has 0 aromatic rings. The van der Waals surface area contributed by atoms with Gasteiger partial charge in [0.2, 0.25) is 0 Å². The van der Waals surface area contributed by atoms with Crippen LogP contribution in [0.15, 0.2) is 0 Å². The molecule has 2 saturated heterocycles. The van der Waals surface area contributed by atoms with Crippen molar-refractivity contribution in [1.82, 2.24) is 5.32 Å². The Bertz CT molecular complexity index is 301. The summed E-state index contributed by atoms with van der Waals surface area (Å²) in [6, 6.07) is 1.75. The molecular formula is C19H37N2+. The van der Waals surface area contributed by atoms with Gasteiger partial charge in [0.25, 0.3) is 0 Å². The van der Waals surface area contributed by atoms with Gasteiger partial charge in [-0.3, -0.25) is 0 Å². The predicted molar refractivity (Wildman–Crippen MR) is 89.6 cm³/mol. The zero-order chi connectivity index (χ0) is 14.7. The summed E-state index contributed by atoms with van der Waals surface area (Å²) in [5.41, 5.74) is 0. The highest BCUT2D eigenvalue weighted by Crippen LogP contribution is 2.32. The van der Waals surface area contributed by atoms with Gasteiger partial charge >= 0.3 is 0 Å². The first-order valence-corrected chi connectivity index (χ1v) is 9.80. The Morgan fingerprint density at radius 1 is 0.905 bits per heavy atom. The average molecular weight is 294 g/mol. The van der Waals surface area contributed by atoms with Crippen molar-refractivity contribution in [2.45, 2.75) is 83.7 Å². The van der Waals surface area contributed by atoms with Crippen molar-refractivity contribution in [3.63, 3.8) is 0 Å². The fourth-order valence-corrected chi connectivity index (χ4v) is 5.72. The van der Waals surface area contributed by atoms with Gasteiger partial charge in [-0.1, -0.05) is 20.3 Å². The third-order valence-corrected chi connectivity index (χ3v) is 6.45. The molecule has 3 fully saturated rings. The lowest BCUT2D eigenvalue weighted by Crippen LogP contribution is -3.18. The highest BCUT2D eigenvalue weighted by atomic mass is 15.2. The number of nitrogens with one attached hydrogen (secondary N) is 2. The van der Waals surface area contributed by atoms with Crippen LogP contribution in [0.2, 0.25) is 0 Å². The smallest absolute Gasteiger partial charge is 0.103 e. The number of rotatable bonds is 3. The normalized spacial score (nSPS) is 45.4. The van der Waals surface area contributed by atoms with E-state index >= 15 is 0 Å². The number of quaternary nitrogens is 1. The van der Waals surface area contributed by atoms with Crippen molar-refractivity contribution >= 4 is 0 Å². The molecule has 3 rings (SSSR count). The number of likely N-dealkylation sites (tertiary alicyclic amines) is 1. The highest BCUT2D eigenvalue weighted by Gasteiger charge is 2.36. The lowest BCUT2D eigenvalue weighted by Gasteiger charge is -2.42. The Balaban J connectivity index is 1.58. The van der Waals surface area contributed by atoms with Crippen molar-refractivity contribution in [2.24, 2.45) is 17.8 Å². The monoisotopic (exact) mass is 293 g/mol. The number of hydrogen-bond acceptors (Lipinski definition) is 1. The van der Waals surface area contributed by atoms with Gasteiger partial charge in [-0.15, -0.1) is 0 Å². The van der Waals surface area contributed by atoms with Crippen LogP contribution in [-0.4, -0.2) is 31.7 Å². The second-order valence-corrected chi connectivity index (χ2v) is 8.55. The van der Waals surface area contributed by atoms with Crippen LogP contribution in [0.3, 0.4) is 0 Å². The maximum absolute atomic E-state index is 3.85. The van der Waals surface area contributed by atoms with Crippen LogP contribution in [0.1, 0.15) is 71.6 Å². The maximum Gasteiger partial charge on any atom is 0.103 e. The predicted octanol–water partition coefficient (Wildman–Crippen LogP) is 2.64. The molecule has 5 unspecified atom stereocenters. The van der Waals surface area contributed by atoms with E-state index in [1.165, 1.54) is 77.4 Å². The summed E-state index contributed by atoms with van der Waals surface area (Å²) in [6.07, 6.45) is 13.2. The third kappa shape index (κ3) is 4.22. The molecule has 0 aromatic heterocycles. The first-order valence-electron chi connectivity index (χ1n) is 9.80. The van der Waals surface area contributed by atoms with E-state index in [1.807, 2.05) is 4.90 Å². The Hall–Kier alpha value is -0.0800. The van der Waals surface area contributed by atoms with Crippen LogP contribution in [0.4, 0.5) is 0 Å². The average Bonchev–Trinajstić information content (AvgIpc) is 2.48. The molecule has 0 aromatic carbocycles. The standard InChI is InChI=1S/C19H36N2/c1-15-11-16(2)13-17(12-15)14-21-10-6-4-8-19(21)18-7-3-5-9-20-18/h15-20H,3-14H2,1-2H3/p+1. The second kappa shape index (κ2) is 7.46. The van der Waals surface area contributed by atoms with Gasteiger partial charge in [0.05, 0.1) is 19.1 Å². The summed E-state index contributed by atoms with van der Waals surface area (Å²) >= 11 is 0. The highest BCUT2D eigenvalue weighted by molar-refractivity contribution is 4.82. The van der Waals surface area contributed by atoms with Crippen molar-refractivity contribution in [3.05, 3.63) is 0 Å². The Kier molecular flexibility index (Phi) is 5.61. The van der Waals surface area contributed by atoms with Crippen molar-refractivity contribution < 1.29 is 4.90 Å². The molecular weight excluding hydrogens is 256 g/mol. The molecule has 3 aliphatic rings. The van der Waals surface area contributed by atoms with Crippen LogP contribution < -0.4 is 10.2 Å². The van der Waals surface area contributed by atoms with Gasteiger partial charge in [-0.2, -0.15) is 0 Å². The van der Waals surface area contributed by atoms with Crippen LogP contribution in [0.25, 0.3) is 0 Å². The summed E-state index contributed by atoms with van der Waals surface area (Å²) in [6.45, 7) is 9.15. The molecule has 0 radical (unpaired) electrons. The molecule has 0 amide bonds. The molecule has 2 N–H and O–H groups in total. The van der Waals surface area contributed by atoms with Crippen molar-refractivity contribution in [3.8, 4) is 0 Å². The third-order valence-electron chi connectivity index (χ3n) is 6.45. The summed E-state index contributed by atoms with van der Waals surface area (Å²) in [5, 5.41) is 3.85. The van der Waals surface area contributed by atoms with E-state index in [4.69, 9.17) is 0 Å². The van der Waals surface area contributed by atoms with Gasteiger partial charge in [-0.05, 0) is 63.3 Å². The minimum Gasteiger partial charge on any atom is -0.331 e. The molecule has 21 heavy (non-hydrogen) atoms. The van der Waals surface area contributed by atoms with E-state index in [2.05, 4.69) is 19.2 Å². The summed E-state index contributed by atoms with van der Waals surface area (Å²) in [5.74, 6) is 2.94. The molecule has 0 bridgehead atoms. The van der Waals surface area contributed by atoms with E-state index in [0.717, 1.165) is 29.8 Å². The summed E-state index contributed by atoms with van der Waals surface area (Å²) in [4.78, 5) is 1.96. The van der Waals surface area contributed by atoms with Crippen LogP contribution in [0, 0.1) is 17.8 Å². The minimum atomic E-state index is 0.826. The van der Waals surface area contributed by atoms with E-state index in [0.29, 0.717) is 0 Å². The topological polar surface area (TPSA) is 16.5 Å². The molecule has 2 heterocycles. The van der Waals surface area contributed by atoms with Gasteiger partial charge in [0.1, 0.15) is 6.04 Å². The fraction of sp³-hybridized carbons (Fsp3) is 1.00. The molecule has 122 valence electrons. The molecule has 1 saturated carbocycles. The molecule has 1 aliphatic carbocycles. The van der Waals surface area contributed by atoms with Crippen molar-refractivity contribution in [1.29, 1.82) is 0 Å². The quantitative estimate of drug-likeness (QED) is 0.818. The lowest BCUT2D eigenvalue weighted by molar-refractivity contribution is -0.935. The molecule has 2 aliphatic heterocycles. The van der Waals surface area contributed by atoms with Crippen LogP contribution in [0.5, 0.6) is 0 Å². The SMILES string of the molecule is CC1CC(C)CC(C[NH+]2CCCCC2C2CCCCN2)C1. The van der Waals surface area contributed by atoms with Gasteiger partial charge in [0, 0.05) is 12.3 Å². The first-order chi connectivity index (χ1) is 10.2. The van der Waals surface area contributed by atoms with E-state index in [1.54, 1.807) is 0 Å². The Morgan fingerprint density at radius 2 is 1.67 bits per heavy atom. The largest absolute Gasteiger partial charge is 0.331 e. The number of hydrogen-bond donors (Lipinski definition) is 2. The van der Waals surface area contributed by atoms with E-state index in [9.17, 15) is 0 Å². The van der Waals surface area contributed by atoms with E-state index < -0.39 is 0 Å². The minimum absolute atomic E-state index is 0.826. The second-order valence-electron chi connectivity index (χ2n) is 8.55. The van der Waals surface area contributed by atoms with Gasteiger partial charge in [0.15, 0.2) is 0 Å². The number of piperidine rings is 2. The zero-order valence-electron chi connectivity index (χ0n) is 14.4. The Labute approximate surface area is 132 Å². The van der Waals surface area contributed by atoms with Crippen LogP contribution >= 0.6 is 0 Å². The molecule has 5 atom stereocenters. The van der Waals surface area contributed by atoms with Gasteiger partial charge in [-0.25, -0.2) is 0 Å². The van der Waals surface area contributed by atoms with Crippen molar-refractivity contribution in [2.75, 3.05) is 19.6 Å². The fourth-order valence-electron chi connectivity index (χ4n) is 5.72. The van der Waals surface area contributed by atoms with E-state index in [-0.39, 0.29) is 0 Å². The molecule has 0 spiro atoms. The summed E-state index contributed by atoms with van der Waals surface area (Å²) in [7, 11) is 0. The zero-order valence-corrected chi connectivity index (χ0v) is 14.4. The maximum atomic E-state index is 3.85. The lowest BCUT2D eigenvalue weighted by atomic mass is 9.76. The van der Waals surface area contributed by atoms with Gasteiger partial charge < -0.3 is 10.2 Å². The molecule has 2 nitrogen and oxygen atoms in total. The first kappa shape index (κ1) is 15.8. The Morgan fingerprint density at radius 3 is 2.38 bits per heavy atom. The molecule has 2 heteroatoms.